The molecular weight excluding hydrogens is 302 g/mol. The maximum Gasteiger partial charge on any atom is 0.159 e. The molecule has 0 atom stereocenters. The molecule has 2 nitrogen and oxygen atoms in total. The first-order valence-electron chi connectivity index (χ1n) is 5.44. The number of benzene rings is 1. The van der Waals surface area contributed by atoms with Crippen LogP contribution < -0.4 is 5.32 Å². The number of hydrogen-bond acceptors (Lipinski definition) is 2. The maximum atomic E-state index is 13.0. The number of anilines is 1. The van der Waals surface area contributed by atoms with E-state index in [2.05, 4.69) is 26.2 Å². The predicted molar refractivity (Wildman–Crippen MR) is 70.5 cm³/mol. The van der Waals surface area contributed by atoms with Gasteiger partial charge in [-0.15, -0.1) is 0 Å². The van der Waals surface area contributed by atoms with Gasteiger partial charge in [-0.1, -0.05) is 6.07 Å². The van der Waals surface area contributed by atoms with Crippen LogP contribution in [0.2, 0.25) is 0 Å². The number of pyridine rings is 1. The van der Waals surface area contributed by atoms with Crippen molar-refractivity contribution in [2.75, 3.05) is 11.9 Å². The minimum absolute atomic E-state index is 0.606. The molecule has 2 aromatic rings. The molecule has 0 aliphatic carbocycles. The minimum Gasteiger partial charge on any atom is -0.370 e. The van der Waals surface area contributed by atoms with E-state index >= 15 is 0 Å². The van der Waals surface area contributed by atoms with Crippen LogP contribution in [0.25, 0.3) is 0 Å². The molecule has 0 saturated heterocycles. The molecule has 5 heteroatoms. The molecule has 0 aliphatic heterocycles. The van der Waals surface area contributed by atoms with E-state index in [0.717, 1.165) is 21.9 Å². The third-order valence-corrected chi connectivity index (χ3v) is 2.90. The molecule has 18 heavy (non-hydrogen) atoms. The van der Waals surface area contributed by atoms with Crippen molar-refractivity contribution in [1.82, 2.24) is 4.98 Å². The average Bonchev–Trinajstić information content (AvgIpc) is 2.36. The topological polar surface area (TPSA) is 24.9 Å². The minimum atomic E-state index is -0.818. The van der Waals surface area contributed by atoms with Crippen LogP contribution in [0.4, 0.5) is 14.6 Å². The van der Waals surface area contributed by atoms with Gasteiger partial charge in [0.2, 0.25) is 0 Å². The normalized spacial score (nSPS) is 10.4. The Bertz CT molecular complexity index is 529. The molecule has 94 valence electrons. The molecule has 0 spiro atoms. The maximum absolute atomic E-state index is 13.0. The molecule has 0 amide bonds. The van der Waals surface area contributed by atoms with E-state index < -0.39 is 11.6 Å². The molecule has 0 bridgehead atoms. The Hall–Kier alpha value is -1.49. The number of nitrogens with zero attached hydrogens (tertiary/aromatic N) is 1. The lowest BCUT2D eigenvalue weighted by molar-refractivity contribution is 0.507. The second kappa shape index (κ2) is 5.91. The molecule has 1 N–H and O–H groups in total. The van der Waals surface area contributed by atoms with Gasteiger partial charge in [-0.05, 0) is 52.2 Å². The molecule has 0 fully saturated rings. The van der Waals surface area contributed by atoms with Crippen molar-refractivity contribution in [2.45, 2.75) is 6.42 Å². The summed E-state index contributed by atoms with van der Waals surface area (Å²) in [5, 5.41) is 3.11. The second-order valence-corrected chi connectivity index (χ2v) is 4.70. The third kappa shape index (κ3) is 3.50. The zero-order valence-electron chi connectivity index (χ0n) is 9.46. The number of hydrogen-bond donors (Lipinski definition) is 1. The smallest absolute Gasteiger partial charge is 0.159 e. The van der Waals surface area contributed by atoms with Crippen LogP contribution in [0.1, 0.15) is 5.56 Å². The summed E-state index contributed by atoms with van der Waals surface area (Å²) in [6.07, 6.45) is 2.30. The van der Waals surface area contributed by atoms with Crippen molar-refractivity contribution in [2.24, 2.45) is 0 Å². The molecule has 0 aliphatic rings. The van der Waals surface area contributed by atoms with E-state index in [-0.39, 0.29) is 0 Å². The Morgan fingerprint density at radius 2 is 1.94 bits per heavy atom. The van der Waals surface area contributed by atoms with Crippen molar-refractivity contribution in [3.63, 3.8) is 0 Å². The summed E-state index contributed by atoms with van der Waals surface area (Å²) in [5.41, 5.74) is 0.749. The van der Waals surface area contributed by atoms with Crippen molar-refractivity contribution >= 4 is 21.7 Å². The largest absolute Gasteiger partial charge is 0.370 e. The summed E-state index contributed by atoms with van der Waals surface area (Å²) in [5.74, 6) is -0.878. The predicted octanol–water partition coefficient (Wildman–Crippen LogP) is 3.78. The summed E-state index contributed by atoms with van der Waals surface area (Å²) in [6.45, 7) is 0.611. The quantitative estimate of drug-likeness (QED) is 0.929. The Labute approximate surface area is 112 Å². The lowest BCUT2D eigenvalue weighted by Crippen LogP contribution is -2.06. The van der Waals surface area contributed by atoms with Crippen LogP contribution in [-0.4, -0.2) is 11.5 Å². The standard InChI is InChI=1S/C13H11BrF2N2/c14-10-2-4-13(18-8-10)17-6-5-9-1-3-11(15)12(16)7-9/h1-4,7-8H,5-6H2,(H,17,18). The molecule has 1 aromatic carbocycles. The molecule has 0 radical (unpaired) electrons. The Balaban J connectivity index is 1.88. The Kier molecular flexibility index (Phi) is 4.25. The average molecular weight is 313 g/mol. The van der Waals surface area contributed by atoms with Gasteiger partial charge in [0.05, 0.1) is 0 Å². The van der Waals surface area contributed by atoms with Gasteiger partial charge in [0.1, 0.15) is 5.82 Å². The molecule has 0 unspecified atom stereocenters. The summed E-state index contributed by atoms with van der Waals surface area (Å²) < 4.78 is 26.6. The highest BCUT2D eigenvalue weighted by Gasteiger charge is 2.02. The zero-order valence-corrected chi connectivity index (χ0v) is 11.0. The van der Waals surface area contributed by atoms with Gasteiger partial charge >= 0.3 is 0 Å². The lowest BCUT2D eigenvalue weighted by atomic mass is 10.1. The van der Waals surface area contributed by atoms with Crippen LogP contribution in [0, 0.1) is 11.6 Å². The monoisotopic (exact) mass is 312 g/mol. The van der Waals surface area contributed by atoms with E-state index in [4.69, 9.17) is 0 Å². The first kappa shape index (κ1) is 13.0. The molecule has 1 aromatic heterocycles. The van der Waals surface area contributed by atoms with E-state index in [1.165, 1.54) is 6.07 Å². The molecule has 2 rings (SSSR count). The highest BCUT2D eigenvalue weighted by Crippen LogP contribution is 2.12. The number of halogens is 3. The van der Waals surface area contributed by atoms with Crippen molar-refractivity contribution in [3.05, 3.63) is 58.2 Å². The van der Waals surface area contributed by atoms with Gasteiger partial charge in [-0.25, -0.2) is 13.8 Å². The van der Waals surface area contributed by atoms with Crippen LogP contribution >= 0.6 is 15.9 Å². The fourth-order valence-corrected chi connectivity index (χ4v) is 1.74. The van der Waals surface area contributed by atoms with Crippen LogP contribution in [0.15, 0.2) is 41.0 Å². The Morgan fingerprint density at radius 3 is 2.61 bits per heavy atom. The highest BCUT2D eigenvalue weighted by atomic mass is 79.9. The van der Waals surface area contributed by atoms with Gasteiger partial charge < -0.3 is 5.32 Å². The highest BCUT2D eigenvalue weighted by molar-refractivity contribution is 9.10. The van der Waals surface area contributed by atoms with Gasteiger partial charge in [-0.2, -0.15) is 0 Å². The number of nitrogens with one attached hydrogen (secondary N) is 1. The third-order valence-electron chi connectivity index (χ3n) is 2.43. The number of aromatic nitrogens is 1. The summed E-state index contributed by atoms with van der Waals surface area (Å²) in [4.78, 5) is 4.15. The Morgan fingerprint density at radius 1 is 1.11 bits per heavy atom. The first-order valence-corrected chi connectivity index (χ1v) is 6.24. The van der Waals surface area contributed by atoms with Crippen LogP contribution in [-0.2, 0) is 6.42 Å². The van der Waals surface area contributed by atoms with E-state index in [1.54, 1.807) is 12.3 Å². The number of rotatable bonds is 4. The molecule has 0 saturated carbocycles. The van der Waals surface area contributed by atoms with Gasteiger partial charge in [-0.3, -0.25) is 0 Å². The second-order valence-electron chi connectivity index (χ2n) is 3.79. The zero-order chi connectivity index (χ0) is 13.0. The van der Waals surface area contributed by atoms with E-state index in [1.807, 2.05) is 12.1 Å². The van der Waals surface area contributed by atoms with Gasteiger partial charge in [0.25, 0.3) is 0 Å². The van der Waals surface area contributed by atoms with Gasteiger partial charge in [0.15, 0.2) is 11.6 Å². The molecular formula is C13H11BrF2N2. The fourth-order valence-electron chi connectivity index (χ4n) is 1.51. The van der Waals surface area contributed by atoms with Crippen molar-refractivity contribution in [3.8, 4) is 0 Å². The summed E-state index contributed by atoms with van der Waals surface area (Å²) in [6, 6.07) is 7.66. The summed E-state index contributed by atoms with van der Waals surface area (Å²) >= 11 is 3.30. The summed E-state index contributed by atoms with van der Waals surface area (Å²) in [7, 11) is 0. The van der Waals surface area contributed by atoms with Crippen LogP contribution in [0.5, 0.6) is 0 Å². The first-order chi connectivity index (χ1) is 8.65. The van der Waals surface area contributed by atoms with Crippen molar-refractivity contribution < 1.29 is 8.78 Å². The van der Waals surface area contributed by atoms with E-state index in [0.29, 0.717) is 13.0 Å². The van der Waals surface area contributed by atoms with Crippen LogP contribution in [0.3, 0.4) is 0 Å². The fraction of sp³-hybridized carbons (Fsp3) is 0.154. The van der Waals surface area contributed by atoms with E-state index in [9.17, 15) is 8.78 Å². The van der Waals surface area contributed by atoms with Gasteiger partial charge in [0, 0.05) is 17.2 Å². The molecule has 1 heterocycles. The SMILES string of the molecule is Fc1ccc(CCNc2ccc(Br)cn2)cc1F. The van der Waals surface area contributed by atoms with Crippen molar-refractivity contribution in [1.29, 1.82) is 0 Å². The lowest BCUT2D eigenvalue weighted by Gasteiger charge is -2.06.